The van der Waals surface area contributed by atoms with E-state index in [-0.39, 0.29) is 18.1 Å². The number of ether oxygens (including phenoxy) is 1. The molecule has 5 nitrogen and oxygen atoms in total. The standard InChI is InChI=1S/C20H23NO4/c1-20(2,3)25-16-11-9-15(10-12-16)18(22)21-13-17(19(23)24)14-7-5-4-6-8-14/h4-12,17H,13H2,1-3H3,(H,21,22)(H,23,24). The number of rotatable bonds is 6. The summed E-state index contributed by atoms with van der Waals surface area (Å²) in [7, 11) is 0. The van der Waals surface area contributed by atoms with Gasteiger partial charge in [0.2, 0.25) is 0 Å². The molecular formula is C20H23NO4. The lowest BCUT2D eigenvalue weighted by atomic mass is 9.99. The number of carbonyl (C=O) groups excluding carboxylic acids is 1. The third-order valence-electron chi connectivity index (χ3n) is 3.51. The summed E-state index contributed by atoms with van der Waals surface area (Å²) in [5.74, 6) is -1.39. The van der Waals surface area contributed by atoms with E-state index in [0.717, 1.165) is 0 Å². The molecule has 0 aliphatic carbocycles. The van der Waals surface area contributed by atoms with Gasteiger partial charge in [-0.05, 0) is 50.6 Å². The van der Waals surface area contributed by atoms with Crippen LogP contribution in [0.4, 0.5) is 0 Å². The third kappa shape index (κ3) is 5.64. The van der Waals surface area contributed by atoms with Gasteiger partial charge < -0.3 is 15.2 Å². The lowest BCUT2D eigenvalue weighted by molar-refractivity contribution is -0.138. The van der Waals surface area contributed by atoms with Crippen LogP contribution in [0.25, 0.3) is 0 Å². The number of nitrogens with one attached hydrogen (secondary N) is 1. The average Bonchev–Trinajstić information content (AvgIpc) is 2.54. The van der Waals surface area contributed by atoms with E-state index in [0.29, 0.717) is 16.9 Å². The highest BCUT2D eigenvalue weighted by Crippen LogP contribution is 2.19. The molecule has 5 heteroatoms. The molecule has 1 amide bonds. The maximum Gasteiger partial charge on any atom is 0.312 e. The van der Waals surface area contributed by atoms with Crippen molar-refractivity contribution < 1.29 is 19.4 Å². The van der Waals surface area contributed by atoms with E-state index < -0.39 is 11.9 Å². The first-order valence-electron chi connectivity index (χ1n) is 8.11. The molecule has 0 radical (unpaired) electrons. The van der Waals surface area contributed by atoms with E-state index >= 15 is 0 Å². The van der Waals surface area contributed by atoms with Crippen molar-refractivity contribution in [2.45, 2.75) is 32.3 Å². The number of benzene rings is 2. The maximum absolute atomic E-state index is 12.3. The summed E-state index contributed by atoms with van der Waals surface area (Å²) in [4.78, 5) is 23.7. The van der Waals surface area contributed by atoms with Gasteiger partial charge in [-0.2, -0.15) is 0 Å². The minimum Gasteiger partial charge on any atom is -0.488 e. The zero-order valence-electron chi connectivity index (χ0n) is 14.7. The first kappa shape index (κ1) is 18.5. The molecule has 1 unspecified atom stereocenters. The van der Waals surface area contributed by atoms with Gasteiger partial charge in [-0.15, -0.1) is 0 Å². The molecule has 0 aromatic heterocycles. The predicted molar refractivity (Wildman–Crippen MR) is 96.0 cm³/mol. The van der Waals surface area contributed by atoms with Crippen molar-refractivity contribution in [3.05, 3.63) is 65.7 Å². The van der Waals surface area contributed by atoms with Crippen molar-refractivity contribution in [3.8, 4) is 5.75 Å². The first-order valence-corrected chi connectivity index (χ1v) is 8.11. The van der Waals surface area contributed by atoms with E-state index in [1.165, 1.54) is 0 Å². The Labute approximate surface area is 147 Å². The zero-order valence-corrected chi connectivity index (χ0v) is 14.7. The second kappa shape index (κ2) is 7.83. The van der Waals surface area contributed by atoms with E-state index in [9.17, 15) is 14.7 Å². The number of amides is 1. The Hall–Kier alpha value is -2.82. The Morgan fingerprint density at radius 3 is 2.16 bits per heavy atom. The van der Waals surface area contributed by atoms with Crippen molar-refractivity contribution >= 4 is 11.9 Å². The average molecular weight is 341 g/mol. The molecule has 0 saturated carbocycles. The summed E-state index contributed by atoms with van der Waals surface area (Å²) >= 11 is 0. The molecule has 0 heterocycles. The van der Waals surface area contributed by atoms with E-state index in [2.05, 4.69) is 5.32 Å². The minimum atomic E-state index is -0.972. The Morgan fingerprint density at radius 2 is 1.64 bits per heavy atom. The van der Waals surface area contributed by atoms with E-state index in [1.54, 1.807) is 48.5 Å². The quantitative estimate of drug-likeness (QED) is 0.844. The summed E-state index contributed by atoms with van der Waals surface area (Å²) in [6.07, 6.45) is 0. The van der Waals surface area contributed by atoms with Crippen molar-refractivity contribution in [1.29, 1.82) is 0 Å². The second-order valence-electron chi connectivity index (χ2n) is 6.75. The Bertz CT molecular complexity index is 718. The van der Waals surface area contributed by atoms with Crippen LogP contribution in [0.5, 0.6) is 5.75 Å². The van der Waals surface area contributed by atoms with Gasteiger partial charge in [-0.25, -0.2) is 0 Å². The lowest BCUT2D eigenvalue weighted by Gasteiger charge is -2.21. The number of carbonyl (C=O) groups is 2. The molecule has 0 aliphatic heterocycles. The van der Waals surface area contributed by atoms with Crippen LogP contribution in [0.1, 0.15) is 42.6 Å². The van der Waals surface area contributed by atoms with Crippen molar-refractivity contribution in [2.75, 3.05) is 6.54 Å². The molecule has 2 rings (SSSR count). The fourth-order valence-electron chi connectivity index (χ4n) is 2.36. The first-order chi connectivity index (χ1) is 11.8. The Balaban J connectivity index is 2.00. The Morgan fingerprint density at radius 1 is 1.04 bits per heavy atom. The highest BCUT2D eigenvalue weighted by Gasteiger charge is 2.20. The van der Waals surface area contributed by atoms with Crippen molar-refractivity contribution in [2.24, 2.45) is 0 Å². The van der Waals surface area contributed by atoms with Crippen LogP contribution in [0, 0.1) is 0 Å². The van der Waals surface area contributed by atoms with Crippen molar-refractivity contribution in [3.63, 3.8) is 0 Å². The number of carboxylic acids is 1. The van der Waals surface area contributed by atoms with Gasteiger partial charge in [-0.1, -0.05) is 30.3 Å². The van der Waals surface area contributed by atoms with Crippen molar-refractivity contribution in [1.82, 2.24) is 5.32 Å². The smallest absolute Gasteiger partial charge is 0.312 e. The predicted octanol–water partition coefficient (Wildman–Crippen LogP) is 3.46. The van der Waals surface area contributed by atoms with Gasteiger partial charge in [0.25, 0.3) is 5.91 Å². The van der Waals surface area contributed by atoms with Crippen LogP contribution < -0.4 is 10.1 Å². The van der Waals surface area contributed by atoms with Gasteiger partial charge in [0.05, 0.1) is 5.92 Å². The molecule has 2 aromatic carbocycles. The summed E-state index contributed by atoms with van der Waals surface area (Å²) in [6, 6.07) is 15.6. The fraction of sp³-hybridized carbons (Fsp3) is 0.300. The summed E-state index contributed by atoms with van der Waals surface area (Å²) in [6.45, 7) is 5.87. The summed E-state index contributed by atoms with van der Waals surface area (Å²) in [5.41, 5.74) is 0.802. The van der Waals surface area contributed by atoms with Crippen LogP contribution in [-0.2, 0) is 4.79 Å². The van der Waals surface area contributed by atoms with E-state index in [4.69, 9.17) is 4.74 Å². The molecule has 0 spiro atoms. The molecule has 1 atom stereocenters. The highest BCUT2D eigenvalue weighted by molar-refractivity contribution is 5.94. The fourth-order valence-corrected chi connectivity index (χ4v) is 2.36. The molecule has 0 bridgehead atoms. The van der Waals surface area contributed by atoms with Crippen LogP contribution in [0.3, 0.4) is 0 Å². The van der Waals surface area contributed by atoms with Gasteiger partial charge in [0.1, 0.15) is 11.4 Å². The monoisotopic (exact) mass is 341 g/mol. The number of aliphatic carboxylic acids is 1. The van der Waals surface area contributed by atoms with Crippen LogP contribution >= 0.6 is 0 Å². The second-order valence-corrected chi connectivity index (χ2v) is 6.75. The maximum atomic E-state index is 12.3. The highest BCUT2D eigenvalue weighted by atomic mass is 16.5. The van der Waals surface area contributed by atoms with Crippen LogP contribution in [0.2, 0.25) is 0 Å². The molecule has 2 N–H and O–H groups in total. The molecular weight excluding hydrogens is 318 g/mol. The molecule has 25 heavy (non-hydrogen) atoms. The van der Waals surface area contributed by atoms with Gasteiger partial charge in [0, 0.05) is 12.1 Å². The lowest BCUT2D eigenvalue weighted by Crippen LogP contribution is -2.31. The van der Waals surface area contributed by atoms with Gasteiger partial charge >= 0.3 is 5.97 Å². The third-order valence-corrected chi connectivity index (χ3v) is 3.51. The normalized spacial score (nSPS) is 12.3. The number of hydrogen-bond acceptors (Lipinski definition) is 3. The number of hydrogen-bond donors (Lipinski definition) is 2. The molecule has 0 fully saturated rings. The zero-order chi connectivity index (χ0) is 18.4. The molecule has 2 aromatic rings. The van der Waals surface area contributed by atoms with Gasteiger partial charge in [-0.3, -0.25) is 9.59 Å². The molecule has 0 aliphatic rings. The largest absolute Gasteiger partial charge is 0.488 e. The van der Waals surface area contributed by atoms with Crippen LogP contribution in [-0.4, -0.2) is 29.1 Å². The topological polar surface area (TPSA) is 75.6 Å². The Kier molecular flexibility index (Phi) is 5.80. The molecule has 0 saturated heterocycles. The summed E-state index contributed by atoms with van der Waals surface area (Å²) < 4.78 is 5.71. The molecule has 132 valence electrons. The summed E-state index contributed by atoms with van der Waals surface area (Å²) in [5, 5.41) is 12.1. The number of carboxylic acid groups (broad SMARTS) is 1. The van der Waals surface area contributed by atoms with E-state index in [1.807, 2.05) is 26.8 Å². The minimum absolute atomic E-state index is 0.0262. The van der Waals surface area contributed by atoms with Gasteiger partial charge in [0.15, 0.2) is 0 Å². The SMILES string of the molecule is CC(C)(C)Oc1ccc(C(=O)NCC(C(=O)O)c2ccccc2)cc1. The van der Waals surface area contributed by atoms with Crippen LogP contribution in [0.15, 0.2) is 54.6 Å².